The number of hydrogen-bond donors (Lipinski definition) is 1. The van der Waals surface area contributed by atoms with Crippen LogP contribution >= 0.6 is 0 Å². The van der Waals surface area contributed by atoms with E-state index >= 15 is 0 Å². The van der Waals surface area contributed by atoms with E-state index in [1.165, 1.54) is 11.0 Å². The van der Waals surface area contributed by atoms with Crippen LogP contribution < -0.4 is 0 Å². The molecule has 0 aliphatic carbocycles. The fourth-order valence-electron chi connectivity index (χ4n) is 2.63. The van der Waals surface area contributed by atoms with E-state index in [2.05, 4.69) is 6.58 Å². The first-order chi connectivity index (χ1) is 8.79. The topological polar surface area (TPSA) is 66.8 Å². The summed E-state index contributed by atoms with van der Waals surface area (Å²) in [5, 5.41) is 9.45. The first-order valence-corrected chi connectivity index (χ1v) is 6.56. The van der Waals surface area contributed by atoms with Crippen LogP contribution in [0.4, 0.5) is 4.79 Å². The molecule has 1 heterocycles. The predicted molar refractivity (Wildman–Crippen MR) is 71.9 cm³/mol. The first kappa shape index (κ1) is 15.5. The number of carbonyl (C=O) groups excluding carboxylic acids is 1. The van der Waals surface area contributed by atoms with E-state index in [1.807, 2.05) is 20.8 Å². The molecular weight excluding hydrogens is 246 g/mol. The molecule has 5 heteroatoms. The Hall–Kier alpha value is -1.52. The van der Waals surface area contributed by atoms with Crippen molar-refractivity contribution in [3.05, 3.63) is 12.7 Å². The summed E-state index contributed by atoms with van der Waals surface area (Å²) in [6.45, 7) is 10.0. The molecule has 1 saturated heterocycles. The SMILES string of the molecule is C=CCOC(=O)N1CCC[C@@H](C(C)(C)C)[C@H]1C(=O)O. The van der Waals surface area contributed by atoms with Gasteiger partial charge in [-0.2, -0.15) is 0 Å². The Bertz CT molecular complexity index is 359. The molecule has 1 rings (SSSR count). The zero-order valence-corrected chi connectivity index (χ0v) is 11.9. The van der Waals surface area contributed by atoms with Gasteiger partial charge in [-0.1, -0.05) is 33.4 Å². The highest BCUT2D eigenvalue weighted by atomic mass is 16.6. The number of rotatable bonds is 3. The summed E-state index contributed by atoms with van der Waals surface area (Å²) in [7, 11) is 0. The van der Waals surface area contributed by atoms with Crippen molar-refractivity contribution in [3.63, 3.8) is 0 Å². The molecular formula is C14H23NO4. The van der Waals surface area contributed by atoms with Crippen molar-refractivity contribution in [2.24, 2.45) is 11.3 Å². The molecule has 0 saturated carbocycles. The normalized spacial score (nSPS) is 23.8. The Morgan fingerprint density at radius 2 is 2.11 bits per heavy atom. The lowest BCUT2D eigenvalue weighted by molar-refractivity contribution is -0.148. The summed E-state index contributed by atoms with van der Waals surface area (Å²) in [6, 6.07) is -0.814. The van der Waals surface area contributed by atoms with Gasteiger partial charge in [0.1, 0.15) is 12.6 Å². The third-order valence-electron chi connectivity index (χ3n) is 3.56. The fourth-order valence-corrected chi connectivity index (χ4v) is 2.63. The molecule has 1 amide bonds. The molecule has 1 N–H and O–H groups in total. The van der Waals surface area contributed by atoms with Gasteiger partial charge in [-0.05, 0) is 24.2 Å². The van der Waals surface area contributed by atoms with Gasteiger partial charge in [-0.25, -0.2) is 9.59 Å². The van der Waals surface area contributed by atoms with Gasteiger partial charge in [0.2, 0.25) is 0 Å². The fraction of sp³-hybridized carbons (Fsp3) is 0.714. The predicted octanol–water partition coefficient (Wildman–Crippen LogP) is 2.52. The van der Waals surface area contributed by atoms with Gasteiger partial charge >= 0.3 is 12.1 Å². The Labute approximate surface area is 114 Å². The van der Waals surface area contributed by atoms with E-state index in [0.29, 0.717) is 6.54 Å². The third kappa shape index (κ3) is 3.72. The van der Waals surface area contributed by atoms with Gasteiger partial charge in [0.25, 0.3) is 0 Å². The minimum absolute atomic E-state index is 0.0740. The zero-order valence-electron chi connectivity index (χ0n) is 11.9. The molecule has 0 aromatic heterocycles. The molecule has 0 spiro atoms. The highest BCUT2D eigenvalue weighted by molar-refractivity contribution is 5.80. The monoisotopic (exact) mass is 269 g/mol. The number of carboxylic acids is 1. The number of hydrogen-bond acceptors (Lipinski definition) is 3. The maximum Gasteiger partial charge on any atom is 0.410 e. The van der Waals surface area contributed by atoms with Crippen LogP contribution in [-0.4, -0.2) is 41.3 Å². The minimum Gasteiger partial charge on any atom is -0.480 e. The van der Waals surface area contributed by atoms with Crippen LogP contribution in [0.5, 0.6) is 0 Å². The van der Waals surface area contributed by atoms with Crippen LogP contribution in [0.1, 0.15) is 33.6 Å². The maximum atomic E-state index is 11.9. The number of aliphatic carboxylic acids is 1. The number of carbonyl (C=O) groups is 2. The lowest BCUT2D eigenvalue weighted by atomic mass is 9.71. The van der Waals surface area contributed by atoms with Crippen LogP contribution in [0, 0.1) is 11.3 Å². The van der Waals surface area contributed by atoms with E-state index in [1.54, 1.807) is 0 Å². The standard InChI is InChI=1S/C14H23NO4/c1-5-9-19-13(18)15-8-6-7-10(14(2,3)4)11(15)12(16)17/h5,10-11H,1,6-9H2,2-4H3,(H,16,17)/t10-,11+/m1/s1. The van der Waals surface area contributed by atoms with E-state index < -0.39 is 18.1 Å². The van der Waals surface area contributed by atoms with Crippen LogP contribution in [0.25, 0.3) is 0 Å². The van der Waals surface area contributed by atoms with E-state index in [4.69, 9.17) is 4.74 Å². The molecule has 1 fully saturated rings. The number of piperidine rings is 1. The molecule has 2 atom stereocenters. The van der Waals surface area contributed by atoms with Crippen molar-refractivity contribution in [1.29, 1.82) is 0 Å². The van der Waals surface area contributed by atoms with Crippen LogP contribution in [-0.2, 0) is 9.53 Å². The lowest BCUT2D eigenvalue weighted by Gasteiger charge is -2.43. The largest absolute Gasteiger partial charge is 0.480 e. The highest BCUT2D eigenvalue weighted by Gasteiger charge is 2.44. The summed E-state index contributed by atoms with van der Waals surface area (Å²) >= 11 is 0. The summed E-state index contributed by atoms with van der Waals surface area (Å²) < 4.78 is 4.98. The molecule has 5 nitrogen and oxygen atoms in total. The third-order valence-corrected chi connectivity index (χ3v) is 3.56. The molecule has 0 aromatic carbocycles. The van der Waals surface area contributed by atoms with Gasteiger partial charge in [0.15, 0.2) is 0 Å². The molecule has 0 unspecified atom stereocenters. The van der Waals surface area contributed by atoms with Crippen molar-refractivity contribution in [2.75, 3.05) is 13.2 Å². The molecule has 1 aliphatic heterocycles. The van der Waals surface area contributed by atoms with Crippen molar-refractivity contribution >= 4 is 12.1 Å². The molecule has 108 valence electrons. The van der Waals surface area contributed by atoms with Gasteiger partial charge in [0.05, 0.1) is 0 Å². The Balaban J connectivity index is 2.93. The Morgan fingerprint density at radius 3 is 2.58 bits per heavy atom. The second-order valence-corrected chi connectivity index (χ2v) is 5.96. The Kier molecular flexibility index (Phi) is 4.97. The summed E-state index contributed by atoms with van der Waals surface area (Å²) in [5.74, 6) is -1.04. The van der Waals surface area contributed by atoms with E-state index in [0.717, 1.165) is 12.8 Å². The first-order valence-electron chi connectivity index (χ1n) is 6.56. The quantitative estimate of drug-likeness (QED) is 0.799. The average Bonchev–Trinajstić information content (AvgIpc) is 2.33. The second-order valence-electron chi connectivity index (χ2n) is 5.96. The van der Waals surface area contributed by atoms with Gasteiger partial charge in [-0.3, -0.25) is 4.90 Å². The smallest absolute Gasteiger partial charge is 0.410 e. The molecule has 1 aliphatic rings. The summed E-state index contributed by atoms with van der Waals surface area (Å²) in [4.78, 5) is 24.8. The van der Waals surface area contributed by atoms with Gasteiger partial charge in [-0.15, -0.1) is 0 Å². The van der Waals surface area contributed by atoms with E-state index in [9.17, 15) is 14.7 Å². The van der Waals surface area contributed by atoms with Crippen molar-refractivity contribution < 1.29 is 19.4 Å². The van der Waals surface area contributed by atoms with Crippen molar-refractivity contribution in [3.8, 4) is 0 Å². The van der Waals surface area contributed by atoms with Crippen molar-refractivity contribution in [2.45, 2.75) is 39.7 Å². The number of likely N-dealkylation sites (tertiary alicyclic amines) is 1. The molecule has 0 aromatic rings. The summed E-state index contributed by atoms with van der Waals surface area (Å²) in [6.07, 6.45) is 2.51. The van der Waals surface area contributed by atoms with Crippen LogP contribution in [0.15, 0.2) is 12.7 Å². The number of carboxylic acid groups (broad SMARTS) is 1. The maximum absolute atomic E-state index is 11.9. The van der Waals surface area contributed by atoms with Crippen LogP contribution in [0.2, 0.25) is 0 Å². The minimum atomic E-state index is -0.963. The number of amides is 1. The highest BCUT2D eigenvalue weighted by Crippen LogP contribution is 2.38. The van der Waals surface area contributed by atoms with Crippen LogP contribution in [0.3, 0.4) is 0 Å². The zero-order chi connectivity index (χ0) is 14.6. The summed E-state index contributed by atoms with van der Waals surface area (Å²) in [5.41, 5.74) is -0.166. The lowest BCUT2D eigenvalue weighted by Crippen LogP contribution is -2.55. The van der Waals surface area contributed by atoms with E-state index in [-0.39, 0.29) is 17.9 Å². The second kappa shape index (κ2) is 6.08. The number of ether oxygens (including phenoxy) is 1. The Morgan fingerprint density at radius 1 is 1.47 bits per heavy atom. The van der Waals surface area contributed by atoms with Crippen molar-refractivity contribution in [1.82, 2.24) is 4.90 Å². The van der Waals surface area contributed by atoms with Gasteiger partial charge < -0.3 is 9.84 Å². The molecule has 0 radical (unpaired) electrons. The number of nitrogens with zero attached hydrogens (tertiary/aromatic N) is 1. The van der Waals surface area contributed by atoms with Gasteiger partial charge in [0, 0.05) is 6.54 Å². The molecule has 0 bridgehead atoms. The molecule has 19 heavy (non-hydrogen) atoms. The average molecular weight is 269 g/mol.